The van der Waals surface area contributed by atoms with E-state index in [1.165, 1.54) is 11.1 Å². The average Bonchev–Trinajstić information content (AvgIpc) is 2.04. The molecule has 0 N–H and O–H groups in total. The fourth-order valence-electron chi connectivity index (χ4n) is 1.28. The zero-order valence-electron chi connectivity index (χ0n) is 8.60. The van der Waals surface area contributed by atoms with Gasteiger partial charge in [0, 0.05) is 5.33 Å². The lowest BCUT2D eigenvalue weighted by Crippen LogP contribution is -2.10. The summed E-state index contributed by atoms with van der Waals surface area (Å²) in [5.74, 6) is 0. The highest BCUT2D eigenvalue weighted by Gasteiger charge is 2.12. The van der Waals surface area contributed by atoms with Crippen molar-refractivity contribution in [1.82, 2.24) is 0 Å². The Labute approximate surface area is 89.5 Å². The van der Waals surface area contributed by atoms with Crippen LogP contribution >= 0.6 is 15.9 Å². The van der Waals surface area contributed by atoms with Gasteiger partial charge in [-0.15, -0.1) is 0 Å². The SMILES string of the molecule is CC(C)(C)c1ccc(CCBr)cc1. The predicted molar refractivity (Wildman–Crippen MR) is 62.6 cm³/mol. The number of hydrogen-bond donors (Lipinski definition) is 0. The first-order valence-electron chi connectivity index (χ1n) is 4.69. The van der Waals surface area contributed by atoms with Crippen molar-refractivity contribution in [1.29, 1.82) is 0 Å². The standard InChI is InChI=1S/C12H17Br/c1-12(2,3)11-6-4-10(5-7-11)8-9-13/h4-7H,8-9H2,1-3H3. The second-order valence-electron chi connectivity index (χ2n) is 4.39. The van der Waals surface area contributed by atoms with Gasteiger partial charge in [0.15, 0.2) is 0 Å². The number of benzene rings is 1. The van der Waals surface area contributed by atoms with Crippen LogP contribution in [0.1, 0.15) is 31.9 Å². The molecule has 1 heteroatoms. The number of alkyl halides is 1. The first kappa shape index (κ1) is 10.8. The Morgan fingerprint density at radius 3 is 2.00 bits per heavy atom. The molecule has 0 radical (unpaired) electrons. The minimum atomic E-state index is 0.271. The molecule has 72 valence electrons. The molecule has 0 fully saturated rings. The van der Waals surface area contributed by atoms with Crippen LogP contribution in [0.5, 0.6) is 0 Å². The Morgan fingerprint density at radius 1 is 1.08 bits per heavy atom. The Bertz CT molecular complexity index is 253. The van der Waals surface area contributed by atoms with Gasteiger partial charge in [-0.3, -0.25) is 0 Å². The molecule has 0 spiro atoms. The predicted octanol–water partition coefficient (Wildman–Crippen LogP) is 3.92. The number of halogens is 1. The van der Waals surface area contributed by atoms with Crippen molar-refractivity contribution in [3.63, 3.8) is 0 Å². The Morgan fingerprint density at radius 2 is 1.62 bits per heavy atom. The molecule has 0 heterocycles. The molecular weight excluding hydrogens is 224 g/mol. The Kier molecular flexibility index (Phi) is 3.55. The van der Waals surface area contributed by atoms with Crippen molar-refractivity contribution >= 4 is 15.9 Å². The van der Waals surface area contributed by atoms with Crippen LogP contribution in [0.15, 0.2) is 24.3 Å². The van der Waals surface area contributed by atoms with Crippen LogP contribution in [0.25, 0.3) is 0 Å². The molecule has 0 aliphatic rings. The summed E-state index contributed by atoms with van der Waals surface area (Å²) < 4.78 is 0. The molecule has 13 heavy (non-hydrogen) atoms. The van der Waals surface area contributed by atoms with E-state index in [9.17, 15) is 0 Å². The molecule has 0 bridgehead atoms. The lowest BCUT2D eigenvalue weighted by atomic mass is 9.86. The van der Waals surface area contributed by atoms with Gasteiger partial charge in [-0.2, -0.15) is 0 Å². The van der Waals surface area contributed by atoms with Crippen molar-refractivity contribution in [3.05, 3.63) is 35.4 Å². The van der Waals surface area contributed by atoms with Crippen LogP contribution in [0, 0.1) is 0 Å². The zero-order valence-corrected chi connectivity index (χ0v) is 10.2. The van der Waals surface area contributed by atoms with Gasteiger partial charge >= 0.3 is 0 Å². The largest absolute Gasteiger partial charge is 0.0924 e. The highest BCUT2D eigenvalue weighted by Crippen LogP contribution is 2.22. The van der Waals surface area contributed by atoms with Gasteiger partial charge in [-0.1, -0.05) is 61.0 Å². The molecule has 0 nitrogen and oxygen atoms in total. The van der Waals surface area contributed by atoms with E-state index in [4.69, 9.17) is 0 Å². The number of hydrogen-bond acceptors (Lipinski definition) is 0. The van der Waals surface area contributed by atoms with Crippen LogP contribution in [0.4, 0.5) is 0 Å². The smallest absolute Gasteiger partial charge is 0.00718 e. The van der Waals surface area contributed by atoms with Crippen molar-refractivity contribution in [2.75, 3.05) is 5.33 Å². The lowest BCUT2D eigenvalue weighted by molar-refractivity contribution is 0.590. The van der Waals surface area contributed by atoms with Crippen molar-refractivity contribution in [2.45, 2.75) is 32.6 Å². The fourth-order valence-corrected chi connectivity index (χ4v) is 1.74. The van der Waals surface area contributed by atoms with E-state index < -0.39 is 0 Å². The third-order valence-corrected chi connectivity index (χ3v) is 2.60. The van der Waals surface area contributed by atoms with E-state index in [1.54, 1.807) is 0 Å². The van der Waals surface area contributed by atoms with E-state index in [0.29, 0.717) is 0 Å². The maximum atomic E-state index is 3.44. The minimum Gasteiger partial charge on any atom is -0.0924 e. The van der Waals surface area contributed by atoms with E-state index in [1.807, 2.05) is 0 Å². The summed E-state index contributed by atoms with van der Waals surface area (Å²) >= 11 is 3.44. The molecule has 0 saturated heterocycles. The topological polar surface area (TPSA) is 0 Å². The zero-order chi connectivity index (χ0) is 9.90. The summed E-state index contributed by atoms with van der Waals surface area (Å²) in [6, 6.07) is 8.92. The van der Waals surface area contributed by atoms with Crippen LogP contribution in [-0.4, -0.2) is 5.33 Å². The Balaban J connectivity index is 2.81. The van der Waals surface area contributed by atoms with E-state index in [2.05, 4.69) is 61.0 Å². The van der Waals surface area contributed by atoms with Gasteiger partial charge < -0.3 is 0 Å². The second kappa shape index (κ2) is 4.28. The molecular formula is C12H17Br. The maximum Gasteiger partial charge on any atom is 0.00718 e. The van der Waals surface area contributed by atoms with Crippen LogP contribution in [0.3, 0.4) is 0 Å². The highest BCUT2D eigenvalue weighted by molar-refractivity contribution is 9.09. The first-order chi connectivity index (χ1) is 6.04. The van der Waals surface area contributed by atoms with Crippen LogP contribution in [0.2, 0.25) is 0 Å². The van der Waals surface area contributed by atoms with Gasteiger partial charge in [0.25, 0.3) is 0 Å². The number of aryl methyl sites for hydroxylation is 1. The second-order valence-corrected chi connectivity index (χ2v) is 5.18. The summed E-state index contributed by atoms with van der Waals surface area (Å²) in [4.78, 5) is 0. The molecule has 0 aromatic heterocycles. The minimum absolute atomic E-state index is 0.271. The van der Waals surface area contributed by atoms with E-state index in [-0.39, 0.29) is 5.41 Å². The molecule has 0 unspecified atom stereocenters. The van der Waals surface area contributed by atoms with Gasteiger partial charge in [0.1, 0.15) is 0 Å². The summed E-state index contributed by atoms with van der Waals surface area (Å²) in [7, 11) is 0. The van der Waals surface area contributed by atoms with Gasteiger partial charge in [-0.25, -0.2) is 0 Å². The van der Waals surface area contributed by atoms with Gasteiger partial charge in [0.05, 0.1) is 0 Å². The summed E-state index contributed by atoms with van der Waals surface area (Å²) in [5.41, 5.74) is 3.09. The quantitative estimate of drug-likeness (QED) is 0.688. The monoisotopic (exact) mass is 240 g/mol. The third kappa shape index (κ3) is 3.15. The third-order valence-electron chi connectivity index (χ3n) is 2.20. The fraction of sp³-hybridized carbons (Fsp3) is 0.500. The lowest BCUT2D eigenvalue weighted by Gasteiger charge is -2.19. The molecule has 0 aliphatic heterocycles. The van der Waals surface area contributed by atoms with Crippen LogP contribution in [-0.2, 0) is 11.8 Å². The molecule has 0 saturated carbocycles. The molecule has 0 amide bonds. The molecule has 1 aromatic rings. The summed E-state index contributed by atoms with van der Waals surface area (Å²) in [6.07, 6.45) is 1.12. The van der Waals surface area contributed by atoms with Crippen LogP contribution < -0.4 is 0 Å². The van der Waals surface area contributed by atoms with E-state index >= 15 is 0 Å². The van der Waals surface area contributed by atoms with Crippen molar-refractivity contribution < 1.29 is 0 Å². The molecule has 1 aromatic carbocycles. The average molecular weight is 241 g/mol. The Hall–Kier alpha value is -0.300. The normalized spacial score (nSPS) is 11.7. The van der Waals surface area contributed by atoms with Crippen molar-refractivity contribution in [2.24, 2.45) is 0 Å². The molecule has 1 rings (SSSR count). The highest BCUT2D eigenvalue weighted by atomic mass is 79.9. The molecule has 0 aliphatic carbocycles. The van der Waals surface area contributed by atoms with E-state index in [0.717, 1.165) is 11.8 Å². The van der Waals surface area contributed by atoms with Gasteiger partial charge in [0.2, 0.25) is 0 Å². The number of rotatable bonds is 2. The summed E-state index contributed by atoms with van der Waals surface area (Å²) in [6.45, 7) is 6.73. The molecule has 0 atom stereocenters. The van der Waals surface area contributed by atoms with Gasteiger partial charge in [-0.05, 0) is 23.0 Å². The summed E-state index contributed by atoms with van der Waals surface area (Å²) in [5, 5.41) is 1.04. The first-order valence-corrected chi connectivity index (χ1v) is 5.81. The maximum absolute atomic E-state index is 3.44. The van der Waals surface area contributed by atoms with Crippen molar-refractivity contribution in [3.8, 4) is 0 Å².